The number of rotatable bonds is 2. The van der Waals surface area contributed by atoms with Gasteiger partial charge in [0.2, 0.25) is 0 Å². The summed E-state index contributed by atoms with van der Waals surface area (Å²) in [5.41, 5.74) is 12.1. The highest BCUT2D eigenvalue weighted by molar-refractivity contribution is 5.90. The molecule has 1 unspecified atom stereocenters. The molecule has 1 aliphatic carbocycles. The number of nitrogens with two attached hydrogens (primary N) is 1. The van der Waals surface area contributed by atoms with E-state index >= 15 is 0 Å². The molecule has 1 nitrogen and oxygen atoms in total. The van der Waals surface area contributed by atoms with Crippen molar-refractivity contribution in [2.45, 2.75) is 6.92 Å². The second-order valence-corrected chi connectivity index (χ2v) is 6.54. The smallest absolute Gasteiger partial charge is 0.0426 e. The minimum Gasteiger partial charge on any atom is -0.398 e. The second kappa shape index (κ2) is 6.45. The van der Waals surface area contributed by atoms with E-state index < -0.39 is 0 Å². The van der Waals surface area contributed by atoms with E-state index in [2.05, 4.69) is 91.9 Å². The normalized spacial score (nSPS) is 18.5. The van der Waals surface area contributed by atoms with Gasteiger partial charge in [0.15, 0.2) is 0 Å². The molecule has 1 aliphatic rings. The lowest BCUT2D eigenvalue weighted by Gasteiger charge is -2.16. The van der Waals surface area contributed by atoms with Crippen LogP contribution < -0.4 is 5.73 Å². The number of benzene rings is 3. The maximum Gasteiger partial charge on any atom is 0.0426 e. The average molecular weight is 323 g/mol. The highest BCUT2D eigenvalue weighted by Gasteiger charge is 2.11. The van der Waals surface area contributed by atoms with Gasteiger partial charge in [-0.15, -0.1) is 0 Å². The van der Waals surface area contributed by atoms with E-state index in [1.165, 1.54) is 27.5 Å². The van der Waals surface area contributed by atoms with Crippen molar-refractivity contribution in [1.29, 1.82) is 0 Å². The van der Waals surface area contributed by atoms with Gasteiger partial charge in [-0.2, -0.15) is 0 Å². The second-order valence-electron chi connectivity index (χ2n) is 6.54. The van der Waals surface area contributed by atoms with Crippen molar-refractivity contribution in [1.82, 2.24) is 0 Å². The minimum atomic E-state index is 0.348. The van der Waals surface area contributed by atoms with Gasteiger partial charge >= 0.3 is 0 Å². The van der Waals surface area contributed by atoms with Gasteiger partial charge in [0.25, 0.3) is 0 Å². The van der Waals surface area contributed by atoms with Crippen LogP contribution in [0.15, 0.2) is 96.6 Å². The summed E-state index contributed by atoms with van der Waals surface area (Å²) in [6, 6.07) is 23.5. The first-order valence-corrected chi connectivity index (χ1v) is 8.66. The zero-order chi connectivity index (χ0) is 17.2. The van der Waals surface area contributed by atoms with Gasteiger partial charge in [-0.3, -0.25) is 0 Å². The molecule has 0 spiro atoms. The van der Waals surface area contributed by atoms with Crippen molar-refractivity contribution in [2.75, 3.05) is 0 Å². The molecule has 0 fully saturated rings. The highest BCUT2D eigenvalue weighted by atomic mass is 14.6. The third-order valence-corrected chi connectivity index (χ3v) is 4.85. The first kappa shape index (κ1) is 15.5. The summed E-state index contributed by atoms with van der Waals surface area (Å²) < 4.78 is 0. The first-order chi connectivity index (χ1) is 12.2. The van der Waals surface area contributed by atoms with Crippen LogP contribution in [-0.2, 0) is 0 Å². The Balaban J connectivity index is 1.76. The Kier molecular flexibility index (Phi) is 3.99. The fourth-order valence-electron chi connectivity index (χ4n) is 3.37. The monoisotopic (exact) mass is 323 g/mol. The lowest BCUT2D eigenvalue weighted by atomic mass is 9.91. The molecule has 1 atom stereocenters. The SMILES string of the molecule is CC1C=CC=C/C1=C(/N)c1ccc2cc(-c3ccccc3)ccc2c1. The molecule has 25 heavy (non-hydrogen) atoms. The van der Waals surface area contributed by atoms with E-state index in [-0.39, 0.29) is 0 Å². The molecule has 2 N–H and O–H groups in total. The van der Waals surface area contributed by atoms with Gasteiger partial charge in [-0.05, 0) is 45.2 Å². The van der Waals surface area contributed by atoms with Crippen LogP contribution in [0.3, 0.4) is 0 Å². The summed E-state index contributed by atoms with van der Waals surface area (Å²) in [6.07, 6.45) is 8.42. The summed E-state index contributed by atoms with van der Waals surface area (Å²) in [5.74, 6) is 0.348. The summed E-state index contributed by atoms with van der Waals surface area (Å²) in [7, 11) is 0. The molecule has 0 radical (unpaired) electrons. The predicted molar refractivity (Wildman–Crippen MR) is 108 cm³/mol. The summed E-state index contributed by atoms with van der Waals surface area (Å²) in [5, 5.41) is 2.44. The maximum absolute atomic E-state index is 6.47. The Labute approximate surface area is 148 Å². The van der Waals surface area contributed by atoms with E-state index in [1.807, 2.05) is 6.07 Å². The largest absolute Gasteiger partial charge is 0.398 e. The Bertz CT molecular complexity index is 1010. The Morgan fingerprint density at radius 1 is 0.800 bits per heavy atom. The fraction of sp³-hybridized carbons (Fsp3) is 0.0833. The molecule has 0 saturated carbocycles. The lowest BCUT2D eigenvalue weighted by molar-refractivity contribution is 0.883. The molecule has 0 aliphatic heterocycles. The summed E-state index contributed by atoms with van der Waals surface area (Å²) in [6.45, 7) is 2.18. The molecule has 4 rings (SSSR count). The van der Waals surface area contributed by atoms with Crippen molar-refractivity contribution >= 4 is 16.5 Å². The zero-order valence-electron chi connectivity index (χ0n) is 14.3. The average Bonchev–Trinajstić information content (AvgIpc) is 2.68. The molecule has 0 saturated heterocycles. The van der Waals surface area contributed by atoms with Gasteiger partial charge in [0.1, 0.15) is 0 Å². The van der Waals surface area contributed by atoms with Gasteiger partial charge in [0.05, 0.1) is 0 Å². The Morgan fingerprint density at radius 3 is 2.36 bits per heavy atom. The van der Waals surface area contributed by atoms with Crippen LogP contribution >= 0.6 is 0 Å². The van der Waals surface area contributed by atoms with Gasteiger partial charge in [-0.25, -0.2) is 0 Å². The highest BCUT2D eigenvalue weighted by Crippen LogP contribution is 2.29. The van der Waals surface area contributed by atoms with Crippen LogP contribution in [0.2, 0.25) is 0 Å². The van der Waals surface area contributed by atoms with Crippen molar-refractivity contribution in [3.63, 3.8) is 0 Å². The van der Waals surface area contributed by atoms with E-state index in [1.54, 1.807) is 0 Å². The number of hydrogen-bond donors (Lipinski definition) is 1. The summed E-state index contributed by atoms with van der Waals surface area (Å²) in [4.78, 5) is 0. The van der Waals surface area contributed by atoms with Crippen LogP contribution in [0.5, 0.6) is 0 Å². The van der Waals surface area contributed by atoms with Crippen LogP contribution in [0.25, 0.3) is 27.6 Å². The molecule has 0 bridgehead atoms. The molecule has 0 heterocycles. The van der Waals surface area contributed by atoms with Crippen molar-refractivity contribution in [3.05, 3.63) is 102 Å². The van der Waals surface area contributed by atoms with Crippen molar-refractivity contribution in [3.8, 4) is 11.1 Å². The molecule has 3 aromatic carbocycles. The van der Waals surface area contributed by atoms with Crippen LogP contribution in [-0.4, -0.2) is 0 Å². The quantitative estimate of drug-likeness (QED) is 0.620. The number of fused-ring (bicyclic) bond motifs is 1. The van der Waals surface area contributed by atoms with E-state index in [4.69, 9.17) is 5.73 Å². The minimum absolute atomic E-state index is 0.348. The van der Waals surface area contributed by atoms with Gasteiger partial charge in [0, 0.05) is 11.6 Å². The standard InChI is InChI=1S/C24H21N/c1-17-7-5-6-10-23(17)24(25)22-14-13-20-15-19(11-12-21(20)16-22)18-8-3-2-4-9-18/h2-17H,25H2,1H3/b24-23-. The Morgan fingerprint density at radius 2 is 1.56 bits per heavy atom. The topological polar surface area (TPSA) is 26.0 Å². The molecular formula is C24H21N. The van der Waals surface area contributed by atoms with Gasteiger partial charge < -0.3 is 5.73 Å². The zero-order valence-corrected chi connectivity index (χ0v) is 14.3. The number of allylic oxidation sites excluding steroid dienone is 5. The van der Waals surface area contributed by atoms with E-state index in [0.717, 1.165) is 11.3 Å². The van der Waals surface area contributed by atoms with Crippen molar-refractivity contribution < 1.29 is 0 Å². The third kappa shape index (κ3) is 3.01. The van der Waals surface area contributed by atoms with E-state index in [0.29, 0.717) is 5.92 Å². The molecular weight excluding hydrogens is 302 g/mol. The molecule has 122 valence electrons. The summed E-state index contributed by atoms with van der Waals surface area (Å²) >= 11 is 0. The van der Waals surface area contributed by atoms with Crippen LogP contribution in [0, 0.1) is 5.92 Å². The van der Waals surface area contributed by atoms with Crippen molar-refractivity contribution in [2.24, 2.45) is 11.7 Å². The molecule has 0 aromatic heterocycles. The first-order valence-electron chi connectivity index (χ1n) is 8.66. The number of hydrogen-bond acceptors (Lipinski definition) is 1. The van der Waals surface area contributed by atoms with Gasteiger partial charge in [-0.1, -0.05) is 85.8 Å². The van der Waals surface area contributed by atoms with E-state index in [9.17, 15) is 0 Å². The van der Waals surface area contributed by atoms with Crippen LogP contribution in [0.1, 0.15) is 12.5 Å². The fourth-order valence-corrected chi connectivity index (χ4v) is 3.37. The Hall–Kier alpha value is -3.06. The maximum atomic E-state index is 6.47. The molecule has 0 amide bonds. The van der Waals surface area contributed by atoms with Crippen LogP contribution in [0.4, 0.5) is 0 Å². The molecule has 1 heteroatoms. The lowest BCUT2D eigenvalue weighted by Crippen LogP contribution is -2.07. The third-order valence-electron chi connectivity index (χ3n) is 4.85. The molecule has 3 aromatic rings. The predicted octanol–water partition coefficient (Wildman–Crippen LogP) is 5.94.